The van der Waals surface area contributed by atoms with Crippen molar-refractivity contribution in [3.05, 3.63) is 45.6 Å². The van der Waals surface area contributed by atoms with Crippen LogP contribution in [0.3, 0.4) is 0 Å². The second kappa shape index (κ2) is 5.20. The van der Waals surface area contributed by atoms with Gasteiger partial charge in [-0.2, -0.15) is 8.78 Å². The number of alkyl halides is 2. The van der Waals surface area contributed by atoms with Crippen LogP contribution in [-0.4, -0.2) is 11.5 Å². The summed E-state index contributed by atoms with van der Waals surface area (Å²) >= 11 is 0. The minimum atomic E-state index is -2.95. The van der Waals surface area contributed by atoms with Crippen molar-refractivity contribution in [3.8, 4) is 5.75 Å². The van der Waals surface area contributed by atoms with Gasteiger partial charge in [-0.3, -0.25) is 10.1 Å². The molecule has 16 heavy (non-hydrogen) atoms. The lowest BCUT2D eigenvalue weighted by Crippen LogP contribution is -2.04. The van der Waals surface area contributed by atoms with Gasteiger partial charge in [-0.05, 0) is 12.5 Å². The first-order valence-electron chi connectivity index (χ1n) is 4.37. The zero-order valence-corrected chi connectivity index (χ0v) is 8.39. The van der Waals surface area contributed by atoms with E-state index in [1.807, 2.05) is 0 Å². The predicted octanol–water partition coefficient (Wildman–Crippen LogP) is 2.84. The molecule has 0 aromatic heterocycles. The van der Waals surface area contributed by atoms with Gasteiger partial charge in [0.25, 0.3) is 0 Å². The van der Waals surface area contributed by atoms with Crippen LogP contribution in [0.4, 0.5) is 8.78 Å². The highest BCUT2D eigenvalue weighted by Crippen LogP contribution is 2.26. The first kappa shape index (κ1) is 12.1. The number of hydrogen-bond acceptors (Lipinski definition) is 3. The maximum absolute atomic E-state index is 12.1. The van der Waals surface area contributed by atoms with Gasteiger partial charge in [0.15, 0.2) is 0 Å². The summed E-state index contributed by atoms with van der Waals surface area (Å²) in [5.41, 5.74) is 0.739. The highest BCUT2D eigenvalue weighted by atomic mass is 19.3. The number of rotatable bonds is 4. The molecule has 0 N–H and O–H groups in total. The molecule has 0 radical (unpaired) electrons. The lowest BCUT2D eigenvalue weighted by Gasteiger charge is -2.10. The summed E-state index contributed by atoms with van der Waals surface area (Å²) in [4.78, 5) is 9.45. The molecule has 0 atom stereocenters. The number of aryl methyl sites for hydroxylation is 1. The van der Waals surface area contributed by atoms with E-state index in [1.165, 1.54) is 6.07 Å². The van der Waals surface area contributed by atoms with Crippen LogP contribution in [-0.2, 0) is 0 Å². The average Bonchev–Trinajstić information content (AvgIpc) is 2.18. The van der Waals surface area contributed by atoms with Crippen LogP contribution in [0.2, 0.25) is 0 Å². The average molecular weight is 229 g/mol. The van der Waals surface area contributed by atoms with Crippen molar-refractivity contribution >= 4 is 6.08 Å². The first-order chi connectivity index (χ1) is 7.50. The second-order valence-electron chi connectivity index (χ2n) is 2.97. The first-order valence-corrected chi connectivity index (χ1v) is 4.37. The maximum atomic E-state index is 12.1. The monoisotopic (exact) mass is 229 g/mol. The third kappa shape index (κ3) is 3.30. The van der Waals surface area contributed by atoms with Gasteiger partial charge in [-0.15, -0.1) is 0 Å². The molecule has 0 saturated heterocycles. The van der Waals surface area contributed by atoms with Gasteiger partial charge in [0.1, 0.15) is 5.75 Å². The van der Waals surface area contributed by atoms with Crippen LogP contribution in [0.1, 0.15) is 11.1 Å². The molecule has 0 aliphatic rings. The maximum Gasteiger partial charge on any atom is 0.387 e. The van der Waals surface area contributed by atoms with Crippen LogP contribution >= 0.6 is 0 Å². The SMILES string of the molecule is Cc1cccc(/C=C/[N+](=O)[O-])c1OC(F)F. The number of halogens is 2. The van der Waals surface area contributed by atoms with Gasteiger partial charge in [0.2, 0.25) is 6.20 Å². The summed E-state index contributed by atoms with van der Waals surface area (Å²) in [6.45, 7) is -1.37. The van der Waals surface area contributed by atoms with E-state index >= 15 is 0 Å². The van der Waals surface area contributed by atoms with Crippen LogP contribution in [0.15, 0.2) is 24.4 Å². The Hall–Kier alpha value is -1.98. The van der Waals surface area contributed by atoms with Crippen LogP contribution in [0, 0.1) is 17.0 Å². The van der Waals surface area contributed by atoms with E-state index in [0.717, 1.165) is 6.08 Å². The highest BCUT2D eigenvalue weighted by Gasteiger charge is 2.11. The Bertz CT molecular complexity index is 419. The molecular weight excluding hydrogens is 220 g/mol. The number of benzene rings is 1. The Morgan fingerprint density at radius 1 is 1.50 bits per heavy atom. The van der Waals surface area contributed by atoms with Crippen molar-refractivity contribution in [2.75, 3.05) is 0 Å². The molecule has 0 saturated carbocycles. The molecular formula is C10H9F2NO3. The molecule has 0 bridgehead atoms. The zero-order chi connectivity index (χ0) is 12.1. The molecule has 4 nitrogen and oxygen atoms in total. The quantitative estimate of drug-likeness (QED) is 0.589. The summed E-state index contributed by atoms with van der Waals surface area (Å²) in [7, 11) is 0. The largest absolute Gasteiger partial charge is 0.434 e. The van der Waals surface area contributed by atoms with E-state index in [9.17, 15) is 18.9 Å². The number of hydrogen-bond donors (Lipinski definition) is 0. The molecule has 0 heterocycles. The van der Waals surface area contributed by atoms with E-state index in [0.29, 0.717) is 11.8 Å². The van der Waals surface area contributed by atoms with Gasteiger partial charge in [-0.25, -0.2) is 0 Å². The summed E-state index contributed by atoms with van der Waals surface area (Å²) in [6.07, 6.45) is 1.79. The Kier molecular flexibility index (Phi) is 3.93. The summed E-state index contributed by atoms with van der Waals surface area (Å²) in [5.74, 6) is -0.0457. The lowest BCUT2D eigenvalue weighted by atomic mass is 10.1. The van der Waals surface area contributed by atoms with E-state index in [2.05, 4.69) is 4.74 Å². The smallest absolute Gasteiger partial charge is 0.387 e. The summed E-state index contributed by atoms with van der Waals surface area (Å²) in [6, 6.07) is 4.65. The summed E-state index contributed by atoms with van der Waals surface area (Å²) in [5, 5.41) is 10.1. The number of ether oxygens (including phenoxy) is 1. The normalized spacial score (nSPS) is 11.0. The topological polar surface area (TPSA) is 52.4 Å². The number of para-hydroxylation sites is 1. The highest BCUT2D eigenvalue weighted by molar-refractivity contribution is 5.59. The Labute approximate surface area is 90.3 Å². The lowest BCUT2D eigenvalue weighted by molar-refractivity contribution is -0.400. The van der Waals surface area contributed by atoms with Crippen molar-refractivity contribution in [2.45, 2.75) is 13.5 Å². The van der Waals surface area contributed by atoms with Gasteiger partial charge >= 0.3 is 6.61 Å². The fraction of sp³-hybridized carbons (Fsp3) is 0.200. The predicted molar refractivity (Wildman–Crippen MR) is 53.8 cm³/mol. The molecule has 1 aromatic carbocycles. The molecule has 0 aliphatic carbocycles. The van der Waals surface area contributed by atoms with Gasteiger partial charge in [0.05, 0.1) is 4.92 Å². The van der Waals surface area contributed by atoms with Crippen LogP contribution in [0.5, 0.6) is 5.75 Å². The number of nitrogens with zero attached hydrogens (tertiary/aromatic N) is 1. The van der Waals surface area contributed by atoms with Crippen molar-refractivity contribution in [1.29, 1.82) is 0 Å². The van der Waals surface area contributed by atoms with Gasteiger partial charge in [0, 0.05) is 11.6 Å². The molecule has 1 aromatic rings. The molecule has 86 valence electrons. The third-order valence-corrected chi connectivity index (χ3v) is 1.83. The number of nitro groups is 1. The molecule has 6 heteroatoms. The van der Waals surface area contributed by atoms with Crippen molar-refractivity contribution in [3.63, 3.8) is 0 Å². The Morgan fingerprint density at radius 2 is 2.19 bits per heavy atom. The van der Waals surface area contributed by atoms with Gasteiger partial charge < -0.3 is 4.74 Å². The van der Waals surface area contributed by atoms with E-state index in [4.69, 9.17) is 0 Å². The molecule has 0 amide bonds. The van der Waals surface area contributed by atoms with Gasteiger partial charge in [-0.1, -0.05) is 18.2 Å². The van der Waals surface area contributed by atoms with E-state index in [-0.39, 0.29) is 11.3 Å². The van der Waals surface area contributed by atoms with Crippen LogP contribution < -0.4 is 4.74 Å². The molecule has 0 spiro atoms. The van der Waals surface area contributed by atoms with E-state index < -0.39 is 11.5 Å². The van der Waals surface area contributed by atoms with Crippen molar-refractivity contribution < 1.29 is 18.4 Å². The van der Waals surface area contributed by atoms with Crippen LogP contribution in [0.25, 0.3) is 6.08 Å². The molecule has 0 fully saturated rings. The van der Waals surface area contributed by atoms with E-state index in [1.54, 1.807) is 19.1 Å². The molecule has 0 unspecified atom stereocenters. The Morgan fingerprint density at radius 3 is 2.75 bits per heavy atom. The fourth-order valence-corrected chi connectivity index (χ4v) is 1.20. The minimum absolute atomic E-state index is 0.0457. The Balaban J connectivity index is 3.07. The second-order valence-corrected chi connectivity index (χ2v) is 2.97. The molecule has 1 rings (SSSR count). The van der Waals surface area contributed by atoms with Crippen molar-refractivity contribution in [1.82, 2.24) is 0 Å². The third-order valence-electron chi connectivity index (χ3n) is 1.83. The fourth-order valence-electron chi connectivity index (χ4n) is 1.20. The standard InChI is InChI=1S/C10H9F2NO3/c1-7-3-2-4-8(5-6-13(14)15)9(7)16-10(11)12/h2-6,10H,1H3/b6-5+. The minimum Gasteiger partial charge on any atom is -0.434 e. The zero-order valence-electron chi connectivity index (χ0n) is 8.39. The van der Waals surface area contributed by atoms with Crippen molar-refractivity contribution in [2.24, 2.45) is 0 Å². The molecule has 0 aliphatic heterocycles. The summed E-state index contributed by atoms with van der Waals surface area (Å²) < 4.78 is 28.5.